The number of carbonyl (C=O) groups is 1. The topological polar surface area (TPSA) is 26.3 Å². The Morgan fingerprint density at radius 1 is 1.19 bits per heavy atom. The van der Waals surface area contributed by atoms with Gasteiger partial charge in [-0.3, -0.25) is 4.79 Å². The van der Waals surface area contributed by atoms with E-state index in [1.807, 2.05) is 42.5 Å². The smallest absolute Gasteiger partial charge is 0.162 e. The number of methoxy groups -OCH3 is 1. The van der Waals surface area contributed by atoms with Gasteiger partial charge >= 0.3 is 0 Å². The van der Waals surface area contributed by atoms with E-state index in [0.717, 1.165) is 28.0 Å². The second-order valence-corrected chi connectivity index (χ2v) is 6.65. The Kier molecular flexibility index (Phi) is 6.33. The summed E-state index contributed by atoms with van der Waals surface area (Å²) in [5, 5.41) is 0. The molecule has 0 radical (unpaired) electrons. The largest absolute Gasteiger partial charge is 0.497 e. The molecule has 0 bridgehead atoms. The zero-order chi connectivity index (χ0) is 15.1. The van der Waals surface area contributed by atoms with Crippen molar-refractivity contribution in [3.63, 3.8) is 0 Å². The van der Waals surface area contributed by atoms with Gasteiger partial charge in [0.25, 0.3) is 0 Å². The molecule has 0 saturated carbocycles. The highest BCUT2D eigenvalue weighted by Crippen LogP contribution is 2.24. The lowest BCUT2D eigenvalue weighted by Gasteiger charge is -2.04. The minimum Gasteiger partial charge on any atom is -0.497 e. The summed E-state index contributed by atoms with van der Waals surface area (Å²) in [5.41, 5.74) is 0.782. The van der Waals surface area contributed by atoms with Gasteiger partial charge in [-0.1, -0.05) is 34.1 Å². The number of carbonyl (C=O) groups excluding carboxylic acids is 1. The van der Waals surface area contributed by atoms with Crippen LogP contribution in [0, 0.1) is 0 Å². The van der Waals surface area contributed by atoms with Crippen LogP contribution >= 0.6 is 27.7 Å². The number of hydrogen-bond acceptors (Lipinski definition) is 3. The predicted molar refractivity (Wildman–Crippen MR) is 91.4 cm³/mol. The summed E-state index contributed by atoms with van der Waals surface area (Å²) in [6, 6.07) is 15.5. The molecule has 0 amide bonds. The fourth-order valence-corrected chi connectivity index (χ4v) is 3.06. The van der Waals surface area contributed by atoms with E-state index in [9.17, 15) is 4.79 Å². The fourth-order valence-electron chi connectivity index (χ4n) is 1.89. The van der Waals surface area contributed by atoms with Gasteiger partial charge in [0.1, 0.15) is 5.75 Å². The number of ketones is 1. The Morgan fingerprint density at radius 3 is 2.67 bits per heavy atom. The Hall–Kier alpha value is -1.26. The molecule has 0 N–H and O–H groups in total. The maximum atomic E-state index is 12.0. The van der Waals surface area contributed by atoms with Crippen LogP contribution in [0.5, 0.6) is 5.75 Å². The molecule has 0 saturated heterocycles. The van der Waals surface area contributed by atoms with E-state index in [2.05, 4.69) is 22.0 Å². The molecule has 0 aliphatic carbocycles. The second-order valence-electron chi connectivity index (χ2n) is 4.56. The van der Waals surface area contributed by atoms with E-state index in [-0.39, 0.29) is 5.78 Å². The maximum absolute atomic E-state index is 12.0. The average molecular weight is 365 g/mol. The van der Waals surface area contributed by atoms with Gasteiger partial charge in [-0.2, -0.15) is 0 Å². The van der Waals surface area contributed by atoms with Crippen molar-refractivity contribution in [3.8, 4) is 5.75 Å². The summed E-state index contributed by atoms with van der Waals surface area (Å²) in [5.74, 6) is 2.00. The van der Waals surface area contributed by atoms with Crippen LogP contribution in [-0.2, 0) is 0 Å². The highest BCUT2D eigenvalue weighted by atomic mass is 79.9. The van der Waals surface area contributed by atoms with Crippen molar-refractivity contribution >= 4 is 33.5 Å². The summed E-state index contributed by atoms with van der Waals surface area (Å²) in [6.07, 6.45) is 1.45. The minimum atomic E-state index is 0.203. The summed E-state index contributed by atoms with van der Waals surface area (Å²) in [6.45, 7) is 0. The predicted octanol–water partition coefficient (Wildman–Crippen LogP) is 5.21. The molecule has 2 aromatic rings. The lowest BCUT2D eigenvalue weighted by atomic mass is 10.1. The van der Waals surface area contributed by atoms with Crippen molar-refractivity contribution in [1.29, 1.82) is 0 Å². The Labute approximate surface area is 138 Å². The molecule has 2 aromatic carbocycles. The van der Waals surface area contributed by atoms with Crippen molar-refractivity contribution < 1.29 is 9.53 Å². The van der Waals surface area contributed by atoms with Gasteiger partial charge in [0, 0.05) is 21.4 Å². The Morgan fingerprint density at radius 2 is 1.95 bits per heavy atom. The van der Waals surface area contributed by atoms with Crippen molar-refractivity contribution in [2.24, 2.45) is 0 Å². The Bertz CT molecular complexity index is 596. The first kappa shape index (κ1) is 16.1. The lowest BCUT2D eigenvalue weighted by molar-refractivity contribution is 0.0982. The fraction of sp³-hybridized carbons (Fsp3) is 0.235. The van der Waals surface area contributed by atoms with Crippen molar-refractivity contribution in [1.82, 2.24) is 0 Å². The summed E-state index contributed by atoms with van der Waals surface area (Å²) < 4.78 is 6.19. The van der Waals surface area contributed by atoms with Crippen LogP contribution in [0.15, 0.2) is 57.9 Å². The molecule has 2 rings (SSSR count). The molecule has 0 aromatic heterocycles. The third-order valence-corrected chi connectivity index (χ3v) is 4.63. The molecule has 0 spiro atoms. The molecule has 0 unspecified atom stereocenters. The highest BCUT2D eigenvalue weighted by Gasteiger charge is 2.05. The summed E-state index contributed by atoms with van der Waals surface area (Å²) >= 11 is 5.12. The molecule has 21 heavy (non-hydrogen) atoms. The normalized spacial score (nSPS) is 10.4. The SMILES string of the molecule is COc1cccc(SCCCC(=O)c2ccc(Br)cc2)c1. The molecule has 0 heterocycles. The van der Waals surface area contributed by atoms with E-state index >= 15 is 0 Å². The van der Waals surface area contributed by atoms with Crippen LogP contribution in [0.3, 0.4) is 0 Å². The molecule has 0 aliphatic heterocycles. The first-order chi connectivity index (χ1) is 10.2. The molecule has 110 valence electrons. The van der Waals surface area contributed by atoms with Crippen LogP contribution < -0.4 is 4.74 Å². The van der Waals surface area contributed by atoms with Crippen molar-refractivity contribution in [2.45, 2.75) is 17.7 Å². The third-order valence-electron chi connectivity index (χ3n) is 3.02. The summed E-state index contributed by atoms with van der Waals surface area (Å²) in [4.78, 5) is 13.2. The molecule has 0 fully saturated rings. The number of halogens is 1. The standard InChI is InChI=1S/C17H17BrO2S/c1-20-15-4-2-5-16(12-15)21-11-3-6-17(19)13-7-9-14(18)10-8-13/h2,4-5,7-10,12H,3,6,11H2,1H3. The molecular formula is C17H17BrO2S. The molecule has 0 atom stereocenters. The number of benzene rings is 2. The monoisotopic (exact) mass is 364 g/mol. The lowest BCUT2D eigenvalue weighted by Crippen LogP contribution is -1.99. The Balaban J connectivity index is 1.76. The summed E-state index contributed by atoms with van der Waals surface area (Å²) in [7, 11) is 1.67. The van der Waals surface area contributed by atoms with Crippen LogP contribution in [0.4, 0.5) is 0 Å². The quantitative estimate of drug-likeness (QED) is 0.383. The molecule has 2 nitrogen and oxygen atoms in total. The zero-order valence-corrected chi connectivity index (χ0v) is 14.2. The van der Waals surface area contributed by atoms with Crippen LogP contribution in [0.25, 0.3) is 0 Å². The van der Waals surface area contributed by atoms with Gasteiger partial charge in [0.2, 0.25) is 0 Å². The first-order valence-electron chi connectivity index (χ1n) is 6.74. The molecule has 4 heteroatoms. The van der Waals surface area contributed by atoms with E-state index < -0.39 is 0 Å². The van der Waals surface area contributed by atoms with Gasteiger partial charge in [0.05, 0.1) is 7.11 Å². The van der Waals surface area contributed by atoms with E-state index in [4.69, 9.17) is 4.74 Å². The van der Waals surface area contributed by atoms with E-state index in [1.165, 1.54) is 4.90 Å². The van der Waals surface area contributed by atoms with Gasteiger partial charge in [-0.05, 0) is 42.5 Å². The van der Waals surface area contributed by atoms with Crippen molar-refractivity contribution in [2.75, 3.05) is 12.9 Å². The van der Waals surface area contributed by atoms with Gasteiger partial charge in [-0.25, -0.2) is 0 Å². The minimum absolute atomic E-state index is 0.203. The van der Waals surface area contributed by atoms with Crippen LogP contribution in [0.2, 0.25) is 0 Å². The zero-order valence-electron chi connectivity index (χ0n) is 11.8. The highest BCUT2D eigenvalue weighted by molar-refractivity contribution is 9.10. The first-order valence-corrected chi connectivity index (χ1v) is 8.52. The number of Topliss-reactive ketones (excluding diaryl/α,β-unsaturated/α-hetero) is 1. The number of ether oxygens (including phenoxy) is 1. The number of hydrogen-bond donors (Lipinski definition) is 0. The third kappa shape index (κ3) is 5.21. The van der Waals surface area contributed by atoms with Gasteiger partial charge in [-0.15, -0.1) is 11.8 Å². The van der Waals surface area contributed by atoms with Gasteiger partial charge < -0.3 is 4.74 Å². The number of rotatable bonds is 7. The van der Waals surface area contributed by atoms with E-state index in [0.29, 0.717) is 6.42 Å². The number of thioether (sulfide) groups is 1. The molecular weight excluding hydrogens is 348 g/mol. The average Bonchev–Trinajstić information content (AvgIpc) is 2.52. The molecule has 0 aliphatic rings. The van der Waals surface area contributed by atoms with Crippen LogP contribution in [0.1, 0.15) is 23.2 Å². The van der Waals surface area contributed by atoms with Gasteiger partial charge in [0.15, 0.2) is 5.78 Å². The van der Waals surface area contributed by atoms with E-state index in [1.54, 1.807) is 18.9 Å². The van der Waals surface area contributed by atoms with Crippen LogP contribution in [-0.4, -0.2) is 18.6 Å². The second kappa shape index (κ2) is 8.25. The maximum Gasteiger partial charge on any atom is 0.162 e. The van der Waals surface area contributed by atoms with Crippen molar-refractivity contribution in [3.05, 3.63) is 58.6 Å².